The molecule has 6 heteroatoms. The Morgan fingerprint density at radius 3 is 2.90 bits per heavy atom. The fourth-order valence-electron chi connectivity index (χ4n) is 2.21. The van der Waals surface area contributed by atoms with Crippen LogP contribution in [-0.4, -0.2) is 9.97 Å². The van der Waals surface area contributed by atoms with E-state index in [1.54, 1.807) is 24.3 Å². The van der Waals surface area contributed by atoms with Crippen LogP contribution in [0.15, 0.2) is 46.2 Å². The first-order chi connectivity index (χ1) is 9.69. The number of ether oxygens (including phenoxy) is 1. The highest BCUT2D eigenvalue weighted by Gasteiger charge is 2.24. The Labute approximate surface area is 113 Å². The molecule has 2 N–H and O–H groups in total. The number of hydrogen-bond donors (Lipinski definition) is 2. The maximum absolute atomic E-state index is 12.0. The van der Waals surface area contributed by atoms with Crippen LogP contribution in [-0.2, 0) is 0 Å². The van der Waals surface area contributed by atoms with Gasteiger partial charge in [-0.05, 0) is 23.8 Å². The molecule has 98 valence electrons. The van der Waals surface area contributed by atoms with E-state index in [0.29, 0.717) is 11.1 Å². The van der Waals surface area contributed by atoms with Crippen molar-refractivity contribution in [3.05, 3.63) is 74.1 Å². The van der Waals surface area contributed by atoms with E-state index in [4.69, 9.17) is 10.00 Å². The first-order valence-corrected chi connectivity index (χ1v) is 5.89. The van der Waals surface area contributed by atoms with Crippen LogP contribution in [0.3, 0.4) is 0 Å². The van der Waals surface area contributed by atoms with E-state index in [2.05, 4.69) is 16.0 Å². The molecule has 2 heterocycles. The van der Waals surface area contributed by atoms with Gasteiger partial charge >= 0.3 is 5.69 Å². The molecule has 0 spiro atoms. The van der Waals surface area contributed by atoms with Crippen LogP contribution < -0.4 is 16.0 Å². The Kier molecular flexibility index (Phi) is 2.73. The standard InChI is InChI=1S/C14H9N3O3/c15-7-8-2-1-3-9(6-8)10-4-5-20-13-11(10)12(18)16-14(19)17-13/h1-6,10H,(H2,16,17,18,19). The summed E-state index contributed by atoms with van der Waals surface area (Å²) in [4.78, 5) is 27.8. The summed E-state index contributed by atoms with van der Waals surface area (Å²) in [7, 11) is 0. The number of nitrogens with zero attached hydrogens (tertiary/aromatic N) is 1. The summed E-state index contributed by atoms with van der Waals surface area (Å²) < 4.78 is 5.17. The second-order valence-corrected chi connectivity index (χ2v) is 4.31. The van der Waals surface area contributed by atoms with E-state index >= 15 is 0 Å². The Morgan fingerprint density at radius 1 is 1.25 bits per heavy atom. The van der Waals surface area contributed by atoms with Gasteiger partial charge in [0, 0.05) is 5.92 Å². The molecular formula is C14H9N3O3. The highest BCUT2D eigenvalue weighted by Crippen LogP contribution is 2.31. The fraction of sp³-hybridized carbons (Fsp3) is 0.0714. The average Bonchev–Trinajstić information content (AvgIpc) is 2.46. The van der Waals surface area contributed by atoms with Gasteiger partial charge in [-0.25, -0.2) is 4.79 Å². The van der Waals surface area contributed by atoms with E-state index in [1.807, 2.05) is 6.07 Å². The number of aromatic nitrogens is 2. The molecule has 0 saturated heterocycles. The van der Waals surface area contributed by atoms with E-state index in [1.165, 1.54) is 6.26 Å². The second-order valence-electron chi connectivity index (χ2n) is 4.31. The van der Waals surface area contributed by atoms with Gasteiger partial charge in [-0.15, -0.1) is 0 Å². The van der Waals surface area contributed by atoms with Crippen molar-refractivity contribution in [1.82, 2.24) is 9.97 Å². The summed E-state index contributed by atoms with van der Waals surface area (Å²) >= 11 is 0. The maximum atomic E-state index is 12.0. The fourth-order valence-corrected chi connectivity index (χ4v) is 2.21. The highest BCUT2D eigenvalue weighted by molar-refractivity contribution is 5.45. The first kappa shape index (κ1) is 12.0. The molecule has 0 saturated carbocycles. The average molecular weight is 267 g/mol. The monoisotopic (exact) mass is 267 g/mol. The van der Waals surface area contributed by atoms with Crippen molar-refractivity contribution in [2.75, 3.05) is 0 Å². The molecule has 1 aromatic heterocycles. The number of nitriles is 1. The van der Waals surface area contributed by atoms with Crippen LogP contribution in [0.5, 0.6) is 5.88 Å². The highest BCUT2D eigenvalue weighted by atomic mass is 16.5. The molecule has 0 fully saturated rings. The molecule has 6 nitrogen and oxygen atoms in total. The summed E-state index contributed by atoms with van der Waals surface area (Å²) in [5.74, 6) is -0.235. The van der Waals surface area contributed by atoms with E-state index in [0.717, 1.165) is 5.56 Å². The number of rotatable bonds is 1. The number of allylic oxidation sites excluding steroid dienone is 1. The quantitative estimate of drug-likeness (QED) is 0.804. The van der Waals surface area contributed by atoms with Crippen LogP contribution in [0.2, 0.25) is 0 Å². The van der Waals surface area contributed by atoms with Crippen molar-refractivity contribution < 1.29 is 4.74 Å². The van der Waals surface area contributed by atoms with Crippen LogP contribution in [0.1, 0.15) is 22.6 Å². The van der Waals surface area contributed by atoms with Gasteiger partial charge in [0.2, 0.25) is 5.88 Å². The first-order valence-electron chi connectivity index (χ1n) is 5.89. The molecule has 1 aliphatic rings. The topological polar surface area (TPSA) is 98.7 Å². The predicted octanol–water partition coefficient (Wildman–Crippen LogP) is 0.973. The summed E-state index contributed by atoms with van der Waals surface area (Å²) in [6.45, 7) is 0. The summed E-state index contributed by atoms with van der Waals surface area (Å²) in [5.41, 5.74) is 0.489. The van der Waals surface area contributed by atoms with E-state index in [-0.39, 0.29) is 11.8 Å². The Hall–Kier alpha value is -3.07. The SMILES string of the molecule is N#Cc1cccc(C2C=COc3[nH]c(=O)[nH]c(=O)c32)c1. The molecule has 0 amide bonds. The molecule has 0 bridgehead atoms. The van der Waals surface area contributed by atoms with Crippen LogP contribution in [0, 0.1) is 11.3 Å². The smallest absolute Gasteiger partial charge is 0.328 e. The third-order valence-corrected chi connectivity index (χ3v) is 3.09. The molecule has 0 radical (unpaired) electrons. The number of H-pyrrole nitrogens is 2. The normalized spacial score (nSPS) is 16.1. The Bertz CT molecular complexity index is 855. The molecular weight excluding hydrogens is 258 g/mol. The van der Waals surface area contributed by atoms with E-state index in [9.17, 15) is 9.59 Å². The molecule has 20 heavy (non-hydrogen) atoms. The molecule has 1 aromatic carbocycles. The lowest BCUT2D eigenvalue weighted by Crippen LogP contribution is -2.29. The lowest BCUT2D eigenvalue weighted by Gasteiger charge is -2.19. The number of aromatic amines is 2. The van der Waals surface area contributed by atoms with Crippen molar-refractivity contribution in [3.8, 4) is 11.9 Å². The zero-order valence-electron chi connectivity index (χ0n) is 10.2. The van der Waals surface area contributed by atoms with Crippen molar-refractivity contribution >= 4 is 0 Å². The summed E-state index contributed by atoms with van der Waals surface area (Å²) in [5, 5.41) is 8.94. The van der Waals surface area contributed by atoms with Crippen LogP contribution in [0.25, 0.3) is 0 Å². The van der Waals surface area contributed by atoms with Gasteiger partial charge in [0.25, 0.3) is 5.56 Å². The number of nitrogens with one attached hydrogen (secondary N) is 2. The third kappa shape index (κ3) is 1.91. The molecule has 1 aliphatic heterocycles. The number of hydrogen-bond acceptors (Lipinski definition) is 4. The van der Waals surface area contributed by atoms with Crippen molar-refractivity contribution in [2.45, 2.75) is 5.92 Å². The van der Waals surface area contributed by atoms with Gasteiger partial charge in [-0.2, -0.15) is 5.26 Å². The minimum atomic E-state index is -0.617. The lowest BCUT2D eigenvalue weighted by molar-refractivity contribution is 0.433. The largest absolute Gasteiger partial charge is 0.448 e. The molecule has 1 atom stereocenters. The van der Waals surface area contributed by atoms with Gasteiger partial charge in [-0.1, -0.05) is 12.1 Å². The van der Waals surface area contributed by atoms with Gasteiger partial charge in [-0.3, -0.25) is 14.8 Å². The van der Waals surface area contributed by atoms with Gasteiger partial charge in [0.05, 0.1) is 23.5 Å². The van der Waals surface area contributed by atoms with Crippen molar-refractivity contribution in [1.29, 1.82) is 5.26 Å². The summed E-state index contributed by atoms with van der Waals surface area (Å²) in [6, 6.07) is 9.00. The molecule has 3 rings (SSSR count). The van der Waals surface area contributed by atoms with Gasteiger partial charge in [0.15, 0.2) is 0 Å². The van der Waals surface area contributed by atoms with Crippen LogP contribution in [0.4, 0.5) is 0 Å². The minimum absolute atomic E-state index is 0.133. The molecule has 0 aliphatic carbocycles. The number of fused-ring (bicyclic) bond motifs is 1. The maximum Gasteiger partial charge on any atom is 0.328 e. The summed E-state index contributed by atoms with van der Waals surface area (Å²) in [6.07, 6.45) is 3.12. The third-order valence-electron chi connectivity index (χ3n) is 3.09. The van der Waals surface area contributed by atoms with Gasteiger partial charge in [0.1, 0.15) is 0 Å². The van der Waals surface area contributed by atoms with Crippen molar-refractivity contribution in [3.63, 3.8) is 0 Å². The Balaban J connectivity index is 2.20. The zero-order valence-corrected chi connectivity index (χ0v) is 10.2. The van der Waals surface area contributed by atoms with Crippen molar-refractivity contribution in [2.24, 2.45) is 0 Å². The van der Waals surface area contributed by atoms with E-state index < -0.39 is 11.2 Å². The molecule has 2 aromatic rings. The number of benzene rings is 1. The lowest BCUT2D eigenvalue weighted by atomic mass is 9.91. The minimum Gasteiger partial charge on any atom is -0.448 e. The molecule has 1 unspecified atom stereocenters. The Morgan fingerprint density at radius 2 is 2.10 bits per heavy atom. The zero-order chi connectivity index (χ0) is 14.1. The predicted molar refractivity (Wildman–Crippen MR) is 70.5 cm³/mol. The van der Waals surface area contributed by atoms with Gasteiger partial charge < -0.3 is 4.74 Å². The van der Waals surface area contributed by atoms with Crippen LogP contribution >= 0.6 is 0 Å². The second kappa shape index (κ2) is 4.55.